The molecular weight excluding hydrogens is 187 g/mol. The zero-order chi connectivity index (χ0) is 9.99. The van der Waals surface area contributed by atoms with Crippen molar-refractivity contribution in [3.05, 3.63) is 0 Å². The van der Waals surface area contributed by atoms with Crippen LogP contribution in [0.3, 0.4) is 0 Å². The predicted molar refractivity (Wildman–Crippen MR) is 27.2 cm³/mol. The molecule has 0 aromatic heterocycles. The van der Waals surface area contributed by atoms with Crippen LogP contribution in [0.25, 0.3) is 0 Å². The predicted octanol–water partition coefficient (Wildman–Crippen LogP) is 1.66. The van der Waals surface area contributed by atoms with Crippen LogP contribution >= 0.6 is 0 Å². The van der Waals surface area contributed by atoms with E-state index in [-0.39, 0.29) is 0 Å². The monoisotopic (exact) mass is 191 g/mol. The van der Waals surface area contributed by atoms with Gasteiger partial charge in [0.15, 0.2) is 6.10 Å². The quantitative estimate of drug-likeness (QED) is 0.634. The summed E-state index contributed by atoms with van der Waals surface area (Å²) in [5.74, 6) is -5.04. The van der Waals surface area contributed by atoms with Crippen LogP contribution < -0.4 is 0 Å². The molecule has 0 rings (SSSR count). The number of ether oxygens (including phenoxy) is 1. The van der Waals surface area contributed by atoms with E-state index in [0.717, 1.165) is 0 Å². The van der Waals surface area contributed by atoms with Crippen LogP contribution in [0.4, 0.5) is 22.0 Å². The molecule has 0 aliphatic heterocycles. The minimum absolute atomic E-state index is 0.429. The van der Waals surface area contributed by atoms with Crippen LogP contribution in [-0.2, 0) is 9.53 Å². The van der Waals surface area contributed by atoms with E-state index in [4.69, 9.17) is 0 Å². The topological polar surface area (TPSA) is 26.3 Å². The maximum Gasteiger partial charge on any atom is 0.457 e. The Hall–Kier alpha value is -0.880. The second kappa shape index (κ2) is 3.24. The third-order valence-corrected chi connectivity index (χ3v) is 1.11. The highest BCUT2D eigenvalue weighted by atomic mass is 19.4. The van der Waals surface area contributed by atoms with E-state index in [1.165, 1.54) is 0 Å². The van der Waals surface area contributed by atoms with Crippen molar-refractivity contribution in [2.45, 2.75) is 25.1 Å². The Kier molecular flexibility index (Phi) is 3.00. The Labute approximate surface area is 64.3 Å². The molecule has 0 fully saturated rings. The number of rotatable bonds is 3. The zero-order valence-corrected chi connectivity index (χ0v) is 5.78. The van der Waals surface area contributed by atoms with Crippen molar-refractivity contribution in [2.24, 2.45) is 0 Å². The van der Waals surface area contributed by atoms with Crippen molar-refractivity contribution >= 4 is 6.47 Å². The molecule has 0 amide bonds. The van der Waals surface area contributed by atoms with Crippen LogP contribution in [0.5, 0.6) is 0 Å². The minimum Gasteiger partial charge on any atom is -0.447 e. The van der Waals surface area contributed by atoms with Crippen molar-refractivity contribution < 1.29 is 31.5 Å². The molecule has 12 heavy (non-hydrogen) atoms. The van der Waals surface area contributed by atoms with Crippen molar-refractivity contribution in [3.63, 3.8) is 0 Å². The van der Waals surface area contributed by atoms with Gasteiger partial charge < -0.3 is 4.74 Å². The second-order valence-electron chi connectivity index (χ2n) is 1.96. The van der Waals surface area contributed by atoms with Gasteiger partial charge in [-0.1, -0.05) is 0 Å². The number of carbonyl (C=O) groups excluding carboxylic acids is 1. The maximum absolute atomic E-state index is 12.1. The fraction of sp³-hybridized carbons (Fsp3) is 0.800. The summed E-state index contributed by atoms with van der Waals surface area (Å²) >= 11 is 0. The number of hydrogen-bond donors (Lipinski definition) is 0. The molecule has 71 valence electrons. The van der Waals surface area contributed by atoms with Gasteiger partial charge in [0, 0.05) is 0 Å². The second-order valence-corrected chi connectivity index (χ2v) is 1.96. The van der Waals surface area contributed by atoms with Gasteiger partial charge in [-0.15, -0.1) is 0 Å². The lowest BCUT2D eigenvalue weighted by atomic mass is 10.2. The number of halogens is 5. The van der Waals surface area contributed by atoms with Crippen molar-refractivity contribution in [2.75, 3.05) is 0 Å². The minimum atomic E-state index is -5.72. The SMILES string of the molecule is CC(O[C]=O)C(F)(F)C(F)(F)F. The van der Waals surface area contributed by atoms with Gasteiger partial charge in [-0.3, -0.25) is 0 Å². The summed E-state index contributed by atoms with van der Waals surface area (Å²) in [6.07, 6.45) is -8.28. The summed E-state index contributed by atoms with van der Waals surface area (Å²) in [6, 6.07) is 0. The Bertz CT molecular complexity index is 164. The van der Waals surface area contributed by atoms with E-state index in [0.29, 0.717) is 13.4 Å². The highest BCUT2D eigenvalue weighted by Gasteiger charge is 2.62. The van der Waals surface area contributed by atoms with Gasteiger partial charge in [-0.05, 0) is 6.92 Å². The van der Waals surface area contributed by atoms with Crippen LogP contribution in [0, 0.1) is 0 Å². The fourth-order valence-corrected chi connectivity index (χ4v) is 0.377. The lowest BCUT2D eigenvalue weighted by molar-refractivity contribution is -0.307. The molecule has 0 spiro atoms. The van der Waals surface area contributed by atoms with E-state index in [1.807, 2.05) is 0 Å². The maximum atomic E-state index is 12.1. The fourth-order valence-electron chi connectivity index (χ4n) is 0.377. The van der Waals surface area contributed by atoms with Crippen molar-refractivity contribution in [3.8, 4) is 0 Å². The largest absolute Gasteiger partial charge is 0.457 e. The molecule has 1 atom stereocenters. The van der Waals surface area contributed by atoms with E-state index < -0.39 is 18.2 Å². The van der Waals surface area contributed by atoms with Crippen LogP contribution in [0.1, 0.15) is 6.92 Å². The molecule has 0 bridgehead atoms. The summed E-state index contributed by atoms with van der Waals surface area (Å²) in [5, 5.41) is 0. The molecule has 0 aliphatic rings. The van der Waals surface area contributed by atoms with Gasteiger partial charge in [0.05, 0.1) is 0 Å². The molecule has 0 aliphatic carbocycles. The number of alkyl halides is 5. The van der Waals surface area contributed by atoms with Crippen molar-refractivity contribution in [1.29, 1.82) is 0 Å². The Morgan fingerprint density at radius 3 is 1.92 bits per heavy atom. The first-order valence-corrected chi connectivity index (χ1v) is 2.70. The molecule has 0 aromatic rings. The average molecular weight is 191 g/mol. The molecule has 0 saturated heterocycles. The van der Waals surface area contributed by atoms with Gasteiger partial charge in [-0.2, -0.15) is 22.0 Å². The normalized spacial score (nSPS) is 15.5. The molecule has 0 aromatic carbocycles. The van der Waals surface area contributed by atoms with Crippen LogP contribution in [0.2, 0.25) is 0 Å². The molecule has 0 heterocycles. The Morgan fingerprint density at radius 1 is 1.25 bits per heavy atom. The highest BCUT2D eigenvalue weighted by molar-refractivity contribution is 5.38. The van der Waals surface area contributed by atoms with Crippen LogP contribution in [-0.4, -0.2) is 24.7 Å². The van der Waals surface area contributed by atoms with Gasteiger partial charge in [-0.25, -0.2) is 4.79 Å². The first kappa shape index (κ1) is 11.1. The summed E-state index contributed by atoms with van der Waals surface area (Å²) < 4.78 is 61.9. The molecule has 7 heteroatoms. The molecule has 1 radical (unpaired) electrons. The van der Waals surface area contributed by atoms with Crippen molar-refractivity contribution in [1.82, 2.24) is 0 Å². The molecule has 0 N–H and O–H groups in total. The first-order chi connectivity index (χ1) is 5.23. The van der Waals surface area contributed by atoms with Gasteiger partial charge >= 0.3 is 18.6 Å². The first-order valence-electron chi connectivity index (χ1n) is 2.70. The third kappa shape index (κ3) is 2.05. The summed E-state index contributed by atoms with van der Waals surface area (Å²) in [6.45, 7) is 0.945. The lowest BCUT2D eigenvalue weighted by Gasteiger charge is -2.23. The van der Waals surface area contributed by atoms with E-state index in [2.05, 4.69) is 4.74 Å². The average Bonchev–Trinajstić information content (AvgIpc) is 1.85. The number of hydrogen-bond acceptors (Lipinski definition) is 2. The Balaban J connectivity index is 4.48. The molecular formula is C5H4F5O2. The lowest BCUT2D eigenvalue weighted by Crippen LogP contribution is -2.46. The summed E-state index contributed by atoms with van der Waals surface area (Å²) in [5.41, 5.74) is 0. The smallest absolute Gasteiger partial charge is 0.447 e. The van der Waals surface area contributed by atoms with Crippen LogP contribution in [0.15, 0.2) is 0 Å². The third-order valence-electron chi connectivity index (χ3n) is 1.11. The molecule has 1 unspecified atom stereocenters. The Morgan fingerprint density at radius 2 is 1.67 bits per heavy atom. The molecule has 2 nitrogen and oxygen atoms in total. The highest BCUT2D eigenvalue weighted by Crippen LogP contribution is 2.38. The van der Waals surface area contributed by atoms with E-state index in [9.17, 15) is 26.7 Å². The van der Waals surface area contributed by atoms with Gasteiger partial charge in [0.25, 0.3) is 0 Å². The van der Waals surface area contributed by atoms with Gasteiger partial charge in [0.2, 0.25) is 0 Å². The standard InChI is InChI=1S/C5H4F5O2/c1-3(12-2-11)4(6,7)5(8,9)10/h3H,1H3. The summed E-state index contributed by atoms with van der Waals surface area (Å²) in [7, 11) is 0. The van der Waals surface area contributed by atoms with E-state index in [1.54, 1.807) is 0 Å². The van der Waals surface area contributed by atoms with E-state index >= 15 is 0 Å². The molecule has 0 saturated carbocycles. The zero-order valence-electron chi connectivity index (χ0n) is 5.78. The summed E-state index contributed by atoms with van der Waals surface area (Å²) in [4.78, 5) is 9.34. The van der Waals surface area contributed by atoms with Gasteiger partial charge in [0.1, 0.15) is 0 Å².